The first kappa shape index (κ1) is 17.0. The Hall–Kier alpha value is -2.36. The van der Waals surface area contributed by atoms with E-state index in [0.717, 1.165) is 11.3 Å². The molecule has 2 aromatic carbocycles. The zero-order chi connectivity index (χ0) is 16.8. The lowest BCUT2D eigenvalue weighted by Gasteiger charge is -2.18. The van der Waals surface area contributed by atoms with E-state index in [0.29, 0.717) is 11.5 Å². The summed E-state index contributed by atoms with van der Waals surface area (Å²) in [6.45, 7) is 6.14. The summed E-state index contributed by atoms with van der Waals surface area (Å²) in [6.07, 6.45) is -0.622. The van der Waals surface area contributed by atoms with Crippen molar-refractivity contribution in [2.75, 3.05) is 0 Å². The summed E-state index contributed by atoms with van der Waals surface area (Å²) in [4.78, 5) is 12.2. The third-order valence-corrected chi connectivity index (χ3v) is 3.57. The fraction of sp³-hybridized carbons (Fsp3) is 0.316. The van der Waals surface area contributed by atoms with Crippen molar-refractivity contribution in [1.29, 1.82) is 0 Å². The topological polar surface area (TPSA) is 38.3 Å². The second-order valence-electron chi connectivity index (χ2n) is 5.80. The molecule has 1 unspecified atom stereocenters. The summed E-state index contributed by atoms with van der Waals surface area (Å²) in [5, 5.41) is 2.76. The van der Waals surface area contributed by atoms with Gasteiger partial charge in [-0.3, -0.25) is 4.79 Å². The van der Waals surface area contributed by atoms with Crippen molar-refractivity contribution in [3.63, 3.8) is 0 Å². The van der Waals surface area contributed by atoms with Crippen molar-refractivity contribution in [2.24, 2.45) is 0 Å². The van der Waals surface area contributed by atoms with Crippen LogP contribution in [-0.2, 0) is 11.3 Å². The fourth-order valence-electron chi connectivity index (χ4n) is 2.29. The van der Waals surface area contributed by atoms with Crippen LogP contribution in [0.2, 0.25) is 0 Å². The van der Waals surface area contributed by atoms with Crippen LogP contribution in [0.4, 0.5) is 4.39 Å². The van der Waals surface area contributed by atoms with Gasteiger partial charge in [0.25, 0.3) is 5.91 Å². The van der Waals surface area contributed by atoms with Crippen LogP contribution in [0.1, 0.15) is 37.8 Å². The number of halogens is 1. The number of hydrogen-bond acceptors (Lipinski definition) is 2. The van der Waals surface area contributed by atoms with E-state index in [1.165, 1.54) is 12.1 Å². The molecule has 0 radical (unpaired) electrons. The second-order valence-corrected chi connectivity index (χ2v) is 5.80. The fourth-order valence-corrected chi connectivity index (χ4v) is 2.29. The molecule has 3 nitrogen and oxygen atoms in total. The molecule has 1 amide bonds. The summed E-state index contributed by atoms with van der Waals surface area (Å²) < 4.78 is 18.9. The third kappa shape index (κ3) is 4.81. The lowest BCUT2D eigenvalue weighted by molar-refractivity contribution is -0.127. The number of carbonyl (C=O) groups is 1. The van der Waals surface area contributed by atoms with Crippen LogP contribution in [0.5, 0.6) is 5.75 Å². The molecule has 0 aliphatic heterocycles. The highest BCUT2D eigenvalue weighted by Crippen LogP contribution is 2.26. The van der Waals surface area contributed by atoms with E-state index in [1.807, 2.05) is 24.3 Å². The van der Waals surface area contributed by atoms with Crippen molar-refractivity contribution in [1.82, 2.24) is 5.32 Å². The Kier molecular flexibility index (Phi) is 5.74. The largest absolute Gasteiger partial charge is 0.481 e. The predicted octanol–water partition coefficient (Wildman–Crippen LogP) is 4.03. The Morgan fingerprint density at radius 3 is 2.57 bits per heavy atom. The lowest BCUT2D eigenvalue weighted by Crippen LogP contribution is -2.36. The molecule has 4 heteroatoms. The van der Waals surface area contributed by atoms with Gasteiger partial charge in [-0.25, -0.2) is 4.39 Å². The molecule has 0 aliphatic rings. The highest BCUT2D eigenvalue weighted by atomic mass is 19.1. The monoisotopic (exact) mass is 315 g/mol. The number of amides is 1. The van der Waals surface area contributed by atoms with Crippen molar-refractivity contribution in [3.8, 4) is 5.75 Å². The Labute approximate surface area is 136 Å². The normalized spacial score (nSPS) is 12.0. The Morgan fingerprint density at radius 1 is 1.13 bits per heavy atom. The smallest absolute Gasteiger partial charge is 0.261 e. The number of hydrogen-bond donors (Lipinski definition) is 1. The molecule has 0 bridgehead atoms. The molecule has 0 spiro atoms. The van der Waals surface area contributed by atoms with E-state index in [-0.39, 0.29) is 18.3 Å². The molecular weight excluding hydrogens is 293 g/mol. The number of carbonyl (C=O) groups excluding carboxylic acids is 1. The van der Waals surface area contributed by atoms with Gasteiger partial charge in [-0.05, 0) is 42.2 Å². The highest BCUT2D eigenvalue weighted by Gasteiger charge is 2.16. The standard InChI is InChI=1S/C19H22FNO2/c1-13(2)17-9-4-5-10-18(17)23-14(3)19(22)21-12-15-7-6-8-16(20)11-15/h4-11,13-14H,12H2,1-3H3,(H,21,22). The van der Waals surface area contributed by atoms with Crippen LogP contribution in [0.3, 0.4) is 0 Å². The van der Waals surface area contributed by atoms with Crippen LogP contribution in [-0.4, -0.2) is 12.0 Å². The van der Waals surface area contributed by atoms with Gasteiger partial charge in [0, 0.05) is 6.54 Å². The summed E-state index contributed by atoms with van der Waals surface area (Å²) in [7, 11) is 0. The Balaban J connectivity index is 1.95. The molecule has 0 aromatic heterocycles. The van der Waals surface area contributed by atoms with Crippen molar-refractivity contribution < 1.29 is 13.9 Å². The van der Waals surface area contributed by atoms with E-state index in [2.05, 4.69) is 19.2 Å². The van der Waals surface area contributed by atoms with Crippen molar-refractivity contribution in [3.05, 3.63) is 65.5 Å². The lowest BCUT2D eigenvalue weighted by atomic mass is 10.0. The summed E-state index contributed by atoms with van der Waals surface area (Å²) in [5.41, 5.74) is 1.78. The molecule has 0 saturated heterocycles. The van der Waals surface area contributed by atoms with Gasteiger partial charge in [-0.1, -0.05) is 44.2 Å². The van der Waals surface area contributed by atoms with E-state index in [4.69, 9.17) is 4.74 Å². The van der Waals surface area contributed by atoms with Gasteiger partial charge in [0.05, 0.1) is 0 Å². The number of nitrogens with one attached hydrogen (secondary N) is 1. The van der Waals surface area contributed by atoms with Gasteiger partial charge in [0.1, 0.15) is 11.6 Å². The van der Waals surface area contributed by atoms with Gasteiger partial charge in [0.15, 0.2) is 6.10 Å². The molecule has 0 fully saturated rings. The molecular formula is C19H22FNO2. The van der Waals surface area contributed by atoms with Crippen molar-refractivity contribution >= 4 is 5.91 Å². The van der Waals surface area contributed by atoms with Crippen LogP contribution >= 0.6 is 0 Å². The zero-order valence-corrected chi connectivity index (χ0v) is 13.7. The maximum atomic E-state index is 13.1. The molecule has 0 heterocycles. The van der Waals surface area contributed by atoms with E-state index < -0.39 is 6.10 Å². The SMILES string of the molecule is CC(Oc1ccccc1C(C)C)C(=O)NCc1cccc(F)c1. The van der Waals surface area contributed by atoms with Crippen LogP contribution < -0.4 is 10.1 Å². The van der Waals surface area contributed by atoms with Gasteiger partial charge < -0.3 is 10.1 Å². The van der Waals surface area contributed by atoms with Gasteiger partial charge in [-0.15, -0.1) is 0 Å². The molecule has 1 atom stereocenters. The average Bonchev–Trinajstić information content (AvgIpc) is 2.53. The first-order valence-electron chi connectivity index (χ1n) is 7.75. The molecule has 0 aliphatic carbocycles. The van der Waals surface area contributed by atoms with E-state index in [1.54, 1.807) is 19.1 Å². The number of para-hydroxylation sites is 1. The first-order valence-corrected chi connectivity index (χ1v) is 7.75. The number of rotatable bonds is 6. The summed E-state index contributed by atoms with van der Waals surface area (Å²) >= 11 is 0. The van der Waals surface area contributed by atoms with Gasteiger partial charge >= 0.3 is 0 Å². The first-order chi connectivity index (χ1) is 11.0. The van der Waals surface area contributed by atoms with Crippen LogP contribution in [0.25, 0.3) is 0 Å². The summed E-state index contributed by atoms with van der Waals surface area (Å²) in [5.74, 6) is 0.490. The van der Waals surface area contributed by atoms with E-state index in [9.17, 15) is 9.18 Å². The summed E-state index contributed by atoms with van der Waals surface area (Å²) in [6, 6.07) is 13.9. The Morgan fingerprint density at radius 2 is 1.87 bits per heavy atom. The third-order valence-electron chi connectivity index (χ3n) is 3.57. The minimum Gasteiger partial charge on any atom is -0.481 e. The zero-order valence-electron chi connectivity index (χ0n) is 13.7. The average molecular weight is 315 g/mol. The number of benzene rings is 2. The maximum absolute atomic E-state index is 13.1. The molecule has 2 rings (SSSR count). The van der Waals surface area contributed by atoms with Gasteiger partial charge in [-0.2, -0.15) is 0 Å². The minimum atomic E-state index is -0.622. The molecule has 2 aromatic rings. The molecule has 1 N–H and O–H groups in total. The maximum Gasteiger partial charge on any atom is 0.261 e. The Bertz CT molecular complexity index is 670. The minimum absolute atomic E-state index is 0.229. The van der Waals surface area contributed by atoms with E-state index >= 15 is 0 Å². The van der Waals surface area contributed by atoms with Gasteiger partial charge in [0.2, 0.25) is 0 Å². The number of ether oxygens (including phenoxy) is 1. The highest BCUT2D eigenvalue weighted by molar-refractivity contribution is 5.80. The quantitative estimate of drug-likeness (QED) is 0.874. The second kappa shape index (κ2) is 7.77. The van der Waals surface area contributed by atoms with Crippen LogP contribution in [0, 0.1) is 5.82 Å². The van der Waals surface area contributed by atoms with Crippen LogP contribution in [0.15, 0.2) is 48.5 Å². The molecule has 0 saturated carbocycles. The van der Waals surface area contributed by atoms with Crippen molar-refractivity contribution in [2.45, 2.75) is 39.3 Å². The molecule has 23 heavy (non-hydrogen) atoms. The molecule has 122 valence electrons. The predicted molar refractivity (Wildman–Crippen MR) is 88.9 cm³/mol.